The number of hydrogen-bond acceptors (Lipinski definition) is 7. The highest BCUT2D eigenvalue weighted by atomic mass is 32.1. The van der Waals surface area contributed by atoms with Gasteiger partial charge in [0.2, 0.25) is 11.8 Å². The molecule has 12 heteroatoms. The lowest BCUT2D eigenvalue weighted by Crippen LogP contribution is -2.53. The van der Waals surface area contributed by atoms with E-state index in [9.17, 15) is 22.8 Å². The summed E-state index contributed by atoms with van der Waals surface area (Å²) in [5, 5.41) is 0.903. The Morgan fingerprint density at radius 1 is 1.08 bits per heavy atom. The molecule has 1 fully saturated rings. The van der Waals surface area contributed by atoms with Crippen molar-refractivity contribution < 1.29 is 27.5 Å². The number of nitrogens with zero attached hydrogens (tertiary/aromatic N) is 5. The lowest BCUT2D eigenvalue weighted by Gasteiger charge is -2.35. The zero-order valence-electron chi connectivity index (χ0n) is 20.0. The van der Waals surface area contributed by atoms with E-state index in [2.05, 4.69) is 4.98 Å². The van der Waals surface area contributed by atoms with Crippen LogP contribution in [-0.4, -0.2) is 71.4 Å². The molecule has 0 spiro atoms. The molecule has 8 nitrogen and oxygen atoms in total. The molecule has 3 aromatic rings. The highest BCUT2D eigenvalue weighted by Crippen LogP contribution is 2.33. The molecule has 0 bridgehead atoms. The molecule has 2 aromatic heterocycles. The van der Waals surface area contributed by atoms with Gasteiger partial charge in [-0.2, -0.15) is 13.2 Å². The molecule has 0 radical (unpaired) electrons. The normalized spacial score (nSPS) is 16.6. The van der Waals surface area contributed by atoms with Crippen LogP contribution in [0.15, 0.2) is 42.6 Å². The first kappa shape index (κ1) is 25.2. The molecule has 37 heavy (non-hydrogen) atoms. The molecule has 0 atom stereocenters. The molecule has 0 aliphatic carbocycles. The number of anilines is 1. The Labute approximate surface area is 215 Å². The Morgan fingerprint density at radius 2 is 1.86 bits per heavy atom. The minimum atomic E-state index is -4.49. The molecule has 1 aromatic carbocycles. The third-order valence-corrected chi connectivity index (χ3v) is 7.56. The predicted octanol–water partition coefficient (Wildman–Crippen LogP) is 3.47. The fourth-order valence-corrected chi connectivity index (χ4v) is 5.50. The van der Waals surface area contributed by atoms with Gasteiger partial charge in [-0.25, -0.2) is 9.97 Å². The third kappa shape index (κ3) is 5.44. The van der Waals surface area contributed by atoms with Crippen LogP contribution < -0.4 is 9.64 Å². The van der Waals surface area contributed by atoms with E-state index in [1.807, 2.05) is 24.3 Å². The second-order valence-electron chi connectivity index (χ2n) is 8.84. The van der Waals surface area contributed by atoms with Crippen LogP contribution in [0.1, 0.15) is 16.1 Å². The van der Waals surface area contributed by atoms with E-state index in [-0.39, 0.29) is 37.3 Å². The van der Waals surface area contributed by atoms with Crippen LogP contribution in [-0.2, 0) is 28.7 Å². The summed E-state index contributed by atoms with van der Waals surface area (Å²) in [6.45, 7) is 1.79. The Bertz CT molecular complexity index is 1290. The number of halogens is 3. The van der Waals surface area contributed by atoms with E-state index in [4.69, 9.17) is 9.72 Å². The van der Waals surface area contributed by atoms with Crippen molar-refractivity contribution in [2.45, 2.75) is 19.1 Å². The van der Waals surface area contributed by atoms with Gasteiger partial charge >= 0.3 is 6.18 Å². The topological polar surface area (TPSA) is 78.9 Å². The molecule has 0 unspecified atom stereocenters. The number of amides is 2. The van der Waals surface area contributed by atoms with Crippen LogP contribution in [0.2, 0.25) is 0 Å². The average Bonchev–Trinajstić information content (AvgIpc) is 3.32. The van der Waals surface area contributed by atoms with Crippen molar-refractivity contribution in [3.63, 3.8) is 0 Å². The molecule has 0 saturated carbocycles. The van der Waals surface area contributed by atoms with Gasteiger partial charge in [0.1, 0.15) is 16.6 Å². The maximum absolute atomic E-state index is 13.0. The van der Waals surface area contributed by atoms with Crippen molar-refractivity contribution in [3.05, 3.63) is 58.7 Å². The second-order valence-corrected chi connectivity index (χ2v) is 9.93. The van der Waals surface area contributed by atoms with Crippen LogP contribution >= 0.6 is 11.3 Å². The molecule has 1 saturated heterocycles. The van der Waals surface area contributed by atoms with Crippen LogP contribution in [0.3, 0.4) is 0 Å². The van der Waals surface area contributed by atoms with E-state index in [0.717, 1.165) is 39.2 Å². The van der Waals surface area contributed by atoms with Crippen molar-refractivity contribution in [2.24, 2.45) is 0 Å². The van der Waals surface area contributed by atoms with Gasteiger partial charge < -0.3 is 9.64 Å². The molecule has 194 valence electrons. The number of methoxy groups -OCH3 is 1. The SMILES string of the molecule is COc1ccc(-c2nc3c(s2)CN(C(=O)CN2CCN(c4ccc(C(F)(F)F)cn4)C(=O)C2)CC3)cc1. The summed E-state index contributed by atoms with van der Waals surface area (Å²) in [6.07, 6.45) is -3.09. The van der Waals surface area contributed by atoms with Gasteiger partial charge in [-0.3, -0.25) is 19.4 Å². The molecule has 2 aliphatic heterocycles. The lowest BCUT2D eigenvalue weighted by molar-refractivity contribution is -0.138. The van der Waals surface area contributed by atoms with Crippen LogP contribution in [0.4, 0.5) is 19.0 Å². The van der Waals surface area contributed by atoms with Gasteiger partial charge in [0.25, 0.3) is 0 Å². The molecule has 4 heterocycles. The van der Waals surface area contributed by atoms with Crippen LogP contribution in [0, 0.1) is 0 Å². The highest BCUT2D eigenvalue weighted by Gasteiger charge is 2.33. The molecule has 5 rings (SSSR count). The van der Waals surface area contributed by atoms with E-state index in [1.165, 1.54) is 11.0 Å². The van der Waals surface area contributed by atoms with E-state index < -0.39 is 11.7 Å². The quantitative estimate of drug-likeness (QED) is 0.502. The number of rotatable bonds is 5. The first-order valence-corrected chi connectivity index (χ1v) is 12.5. The van der Waals surface area contributed by atoms with Crippen molar-refractivity contribution in [3.8, 4) is 16.3 Å². The minimum absolute atomic E-state index is 0.00426. The molecule has 2 amide bonds. The number of alkyl halides is 3. The number of aromatic nitrogens is 2. The van der Waals surface area contributed by atoms with Gasteiger partial charge in [0.05, 0.1) is 38.0 Å². The van der Waals surface area contributed by atoms with Crippen LogP contribution in [0.5, 0.6) is 5.75 Å². The smallest absolute Gasteiger partial charge is 0.417 e. The summed E-state index contributed by atoms with van der Waals surface area (Å²) in [7, 11) is 1.62. The summed E-state index contributed by atoms with van der Waals surface area (Å²) in [5.74, 6) is 0.569. The molecular weight excluding hydrogens is 507 g/mol. The summed E-state index contributed by atoms with van der Waals surface area (Å²) in [6, 6.07) is 9.81. The van der Waals surface area contributed by atoms with Crippen LogP contribution in [0.25, 0.3) is 10.6 Å². The first-order chi connectivity index (χ1) is 17.7. The van der Waals surface area contributed by atoms with Crippen molar-refractivity contribution in [2.75, 3.05) is 44.7 Å². The molecule has 2 aliphatic rings. The summed E-state index contributed by atoms with van der Waals surface area (Å²) < 4.78 is 43.6. The Hall–Kier alpha value is -3.51. The Morgan fingerprint density at radius 3 is 2.51 bits per heavy atom. The van der Waals surface area contributed by atoms with E-state index in [1.54, 1.807) is 28.2 Å². The monoisotopic (exact) mass is 531 g/mol. The number of piperazine rings is 1. The number of carbonyl (C=O) groups is 2. The first-order valence-electron chi connectivity index (χ1n) is 11.7. The zero-order chi connectivity index (χ0) is 26.2. The summed E-state index contributed by atoms with van der Waals surface area (Å²) in [5.41, 5.74) is 1.14. The lowest BCUT2D eigenvalue weighted by atomic mass is 10.1. The van der Waals surface area contributed by atoms with Gasteiger partial charge in [-0.05, 0) is 36.4 Å². The van der Waals surface area contributed by atoms with Crippen molar-refractivity contribution in [1.29, 1.82) is 0 Å². The standard InChI is InChI=1S/C25H24F3N5O3S/c1-36-18-5-2-16(3-6-18)24-30-19-8-9-32(13-20(19)37-24)22(34)14-31-10-11-33(23(35)15-31)21-7-4-17(12-29-21)25(26,27)28/h2-7,12H,8-11,13-15H2,1H3. The molecular formula is C25H24F3N5O3S. The maximum Gasteiger partial charge on any atom is 0.417 e. The fraction of sp³-hybridized carbons (Fsp3) is 0.360. The number of thiazole rings is 1. The Balaban J connectivity index is 1.17. The third-order valence-electron chi connectivity index (χ3n) is 6.43. The largest absolute Gasteiger partial charge is 0.497 e. The van der Waals surface area contributed by atoms with E-state index in [0.29, 0.717) is 26.1 Å². The van der Waals surface area contributed by atoms with Gasteiger partial charge in [-0.15, -0.1) is 11.3 Å². The average molecular weight is 532 g/mol. The number of pyridine rings is 1. The minimum Gasteiger partial charge on any atom is -0.497 e. The number of ether oxygens (including phenoxy) is 1. The van der Waals surface area contributed by atoms with Gasteiger partial charge in [0.15, 0.2) is 0 Å². The summed E-state index contributed by atoms with van der Waals surface area (Å²) >= 11 is 1.57. The Kier molecular flexibility index (Phi) is 6.86. The van der Waals surface area contributed by atoms with Crippen molar-refractivity contribution >= 4 is 29.0 Å². The number of hydrogen-bond donors (Lipinski definition) is 0. The maximum atomic E-state index is 13.0. The van der Waals surface area contributed by atoms with E-state index >= 15 is 0 Å². The predicted molar refractivity (Wildman–Crippen MR) is 131 cm³/mol. The number of carbonyl (C=O) groups excluding carboxylic acids is 2. The second kappa shape index (κ2) is 10.1. The number of fused-ring (bicyclic) bond motifs is 1. The summed E-state index contributed by atoms with van der Waals surface area (Å²) in [4.78, 5) is 40.2. The van der Waals surface area contributed by atoms with Gasteiger partial charge in [0, 0.05) is 42.7 Å². The van der Waals surface area contributed by atoms with Crippen molar-refractivity contribution in [1.82, 2.24) is 19.8 Å². The fourth-order valence-electron chi connectivity index (χ4n) is 4.37. The zero-order valence-corrected chi connectivity index (χ0v) is 20.8. The highest BCUT2D eigenvalue weighted by molar-refractivity contribution is 7.15. The molecule has 0 N–H and O–H groups in total. The van der Waals surface area contributed by atoms with Gasteiger partial charge in [-0.1, -0.05) is 0 Å². The number of benzene rings is 1.